The minimum absolute atomic E-state index is 0.212. The first-order valence-electron chi connectivity index (χ1n) is 8.12. The number of halogens is 2. The highest BCUT2D eigenvalue weighted by atomic mass is 32.1. The molecule has 0 atom stereocenters. The van der Waals surface area contributed by atoms with Crippen molar-refractivity contribution in [1.29, 1.82) is 0 Å². The number of thiazole rings is 1. The summed E-state index contributed by atoms with van der Waals surface area (Å²) in [6.45, 7) is 0.962. The molecule has 5 nitrogen and oxygen atoms in total. The summed E-state index contributed by atoms with van der Waals surface area (Å²) in [5.41, 5.74) is 4.63. The van der Waals surface area contributed by atoms with Gasteiger partial charge < -0.3 is 9.47 Å². The van der Waals surface area contributed by atoms with Crippen LogP contribution in [0.25, 0.3) is 31.8 Å². The largest absolute Gasteiger partial charge is 0.494 e. The number of alkyl halides is 2. The van der Waals surface area contributed by atoms with Crippen molar-refractivity contribution in [3.05, 3.63) is 41.6 Å². The second-order valence-electron chi connectivity index (χ2n) is 6.10. The van der Waals surface area contributed by atoms with Crippen LogP contribution in [-0.4, -0.2) is 28.7 Å². The van der Waals surface area contributed by atoms with E-state index in [0.717, 1.165) is 31.9 Å². The van der Waals surface area contributed by atoms with Gasteiger partial charge in [0.2, 0.25) is 5.88 Å². The van der Waals surface area contributed by atoms with Gasteiger partial charge in [-0.25, -0.2) is 15.0 Å². The molecule has 2 aromatic carbocycles. The van der Waals surface area contributed by atoms with Crippen molar-refractivity contribution in [3.8, 4) is 22.2 Å². The standard InChI is InChI=1S/C19H15F2N3O2S/c1-9-4-11(16-12(5-9)23-15(8-22-16)26-19(20)21)18-24-17-13(25-3)6-10(2)7-14(17)27-18/h4-8,19H,1-3H3. The van der Waals surface area contributed by atoms with Crippen molar-refractivity contribution in [3.63, 3.8) is 0 Å². The highest BCUT2D eigenvalue weighted by Crippen LogP contribution is 2.38. The zero-order valence-electron chi connectivity index (χ0n) is 14.8. The Morgan fingerprint density at radius 3 is 2.52 bits per heavy atom. The van der Waals surface area contributed by atoms with Crippen molar-refractivity contribution in [1.82, 2.24) is 15.0 Å². The summed E-state index contributed by atoms with van der Waals surface area (Å²) in [6.07, 6.45) is 1.20. The Labute approximate surface area is 157 Å². The van der Waals surface area contributed by atoms with Crippen molar-refractivity contribution < 1.29 is 18.3 Å². The molecule has 0 amide bonds. The molecule has 0 N–H and O–H groups in total. The Kier molecular flexibility index (Phi) is 4.35. The Morgan fingerprint density at radius 1 is 1.00 bits per heavy atom. The van der Waals surface area contributed by atoms with Gasteiger partial charge in [0, 0.05) is 5.56 Å². The van der Waals surface area contributed by atoms with E-state index in [0.29, 0.717) is 16.8 Å². The van der Waals surface area contributed by atoms with Crippen molar-refractivity contribution >= 4 is 32.6 Å². The second-order valence-corrected chi connectivity index (χ2v) is 7.13. The lowest BCUT2D eigenvalue weighted by Crippen LogP contribution is -2.04. The van der Waals surface area contributed by atoms with E-state index >= 15 is 0 Å². The molecule has 8 heteroatoms. The van der Waals surface area contributed by atoms with Gasteiger partial charge in [-0.2, -0.15) is 8.78 Å². The number of hydrogen-bond acceptors (Lipinski definition) is 6. The molecule has 2 heterocycles. The van der Waals surface area contributed by atoms with Crippen molar-refractivity contribution in [2.24, 2.45) is 0 Å². The molecular weight excluding hydrogens is 372 g/mol. The van der Waals surface area contributed by atoms with Gasteiger partial charge in [-0.05, 0) is 49.2 Å². The summed E-state index contributed by atoms with van der Waals surface area (Å²) in [5.74, 6) is 0.499. The van der Waals surface area contributed by atoms with Crippen LogP contribution in [0.15, 0.2) is 30.5 Å². The first kappa shape index (κ1) is 17.5. The third-order valence-electron chi connectivity index (χ3n) is 4.03. The molecule has 0 spiro atoms. The summed E-state index contributed by atoms with van der Waals surface area (Å²) in [7, 11) is 1.62. The van der Waals surface area contributed by atoms with E-state index in [1.165, 1.54) is 17.5 Å². The molecular formula is C19H15F2N3O2S. The molecule has 0 bridgehead atoms. The average Bonchev–Trinajstić information content (AvgIpc) is 3.03. The van der Waals surface area contributed by atoms with Crippen LogP contribution in [0.1, 0.15) is 11.1 Å². The minimum atomic E-state index is -2.94. The van der Waals surface area contributed by atoms with Crippen LogP contribution in [0.4, 0.5) is 8.78 Å². The first-order chi connectivity index (χ1) is 12.9. The zero-order valence-corrected chi connectivity index (χ0v) is 15.6. The van der Waals surface area contributed by atoms with Gasteiger partial charge in [0.25, 0.3) is 0 Å². The van der Waals surface area contributed by atoms with Crippen LogP contribution in [0.2, 0.25) is 0 Å². The maximum atomic E-state index is 12.5. The highest BCUT2D eigenvalue weighted by Gasteiger charge is 2.16. The fourth-order valence-electron chi connectivity index (χ4n) is 2.96. The topological polar surface area (TPSA) is 57.1 Å². The summed E-state index contributed by atoms with van der Waals surface area (Å²) in [4.78, 5) is 13.2. The molecule has 0 fully saturated rings. The molecule has 138 valence electrons. The number of benzene rings is 2. The summed E-state index contributed by atoms with van der Waals surface area (Å²) < 4.78 is 35.7. The first-order valence-corrected chi connectivity index (χ1v) is 8.94. The molecule has 0 aliphatic heterocycles. The molecule has 2 aromatic heterocycles. The number of fused-ring (bicyclic) bond motifs is 2. The second kappa shape index (κ2) is 6.70. The van der Waals surface area contributed by atoms with E-state index in [2.05, 4.69) is 20.8 Å². The maximum Gasteiger partial charge on any atom is 0.388 e. The van der Waals surface area contributed by atoms with E-state index in [1.54, 1.807) is 13.2 Å². The van der Waals surface area contributed by atoms with E-state index in [4.69, 9.17) is 9.72 Å². The number of aromatic nitrogens is 3. The monoisotopic (exact) mass is 387 g/mol. The third kappa shape index (κ3) is 3.28. The van der Waals surface area contributed by atoms with Gasteiger partial charge >= 0.3 is 6.61 Å². The smallest absolute Gasteiger partial charge is 0.388 e. The average molecular weight is 387 g/mol. The molecule has 0 saturated carbocycles. The number of hydrogen-bond donors (Lipinski definition) is 0. The Balaban J connectivity index is 1.92. The fourth-order valence-corrected chi connectivity index (χ4v) is 4.06. The quantitative estimate of drug-likeness (QED) is 0.486. The van der Waals surface area contributed by atoms with Crippen LogP contribution in [0.5, 0.6) is 11.6 Å². The molecule has 4 rings (SSSR count). The van der Waals surface area contributed by atoms with E-state index in [1.807, 2.05) is 26.0 Å². The normalized spacial score (nSPS) is 11.5. The maximum absolute atomic E-state index is 12.5. The van der Waals surface area contributed by atoms with Gasteiger partial charge in [0.1, 0.15) is 16.3 Å². The van der Waals surface area contributed by atoms with Crippen molar-refractivity contribution in [2.45, 2.75) is 20.5 Å². The number of nitrogens with zero attached hydrogens (tertiary/aromatic N) is 3. The molecule has 4 aromatic rings. The molecule has 0 radical (unpaired) electrons. The minimum Gasteiger partial charge on any atom is -0.494 e. The number of aryl methyl sites for hydroxylation is 2. The molecule has 0 aliphatic carbocycles. The lowest BCUT2D eigenvalue weighted by molar-refractivity contribution is -0.0528. The predicted octanol–water partition coefficient (Wildman–Crippen LogP) is 5.13. The third-order valence-corrected chi connectivity index (χ3v) is 5.07. The number of ether oxygens (including phenoxy) is 2. The van der Waals surface area contributed by atoms with Crippen LogP contribution < -0.4 is 9.47 Å². The summed E-state index contributed by atoms with van der Waals surface area (Å²) in [5, 5.41) is 0.763. The Hall–Kier alpha value is -2.87. The van der Waals surface area contributed by atoms with Crippen LogP contribution >= 0.6 is 11.3 Å². The SMILES string of the molecule is COc1cc(C)cc2sc(-c3cc(C)cc4nc(OC(F)F)cnc34)nc12. The fraction of sp³-hybridized carbons (Fsp3) is 0.211. The van der Waals surface area contributed by atoms with Crippen LogP contribution in [0, 0.1) is 13.8 Å². The molecule has 0 aliphatic rings. The van der Waals surface area contributed by atoms with Gasteiger partial charge in [-0.3, -0.25) is 0 Å². The number of rotatable bonds is 4. The summed E-state index contributed by atoms with van der Waals surface area (Å²) in [6, 6.07) is 7.73. The summed E-state index contributed by atoms with van der Waals surface area (Å²) >= 11 is 1.52. The van der Waals surface area contributed by atoms with E-state index in [9.17, 15) is 8.78 Å². The van der Waals surface area contributed by atoms with Crippen molar-refractivity contribution in [2.75, 3.05) is 7.11 Å². The zero-order chi connectivity index (χ0) is 19.1. The highest BCUT2D eigenvalue weighted by molar-refractivity contribution is 7.21. The van der Waals surface area contributed by atoms with Gasteiger partial charge in [-0.15, -0.1) is 11.3 Å². The lowest BCUT2D eigenvalue weighted by atomic mass is 10.1. The molecule has 27 heavy (non-hydrogen) atoms. The Bertz CT molecular complexity index is 1160. The molecule has 0 unspecified atom stereocenters. The van der Waals surface area contributed by atoms with Gasteiger partial charge in [0.05, 0.1) is 29.0 Å². The molecule has 0 saturated heterocycles. The number of methoxy groups -OCH3 is 1. The van der Waals surface area contributed by atoms with E-state index in [-0.39, 0.29) is 5.88 Å². The van der Waals surface area contributed by atoms with Crippen LogP contribution in [0.3, 0.4) is 0 Å². The lowest BCUT2D eigenvalue weighted by Gasteiger charge is -2.07. The predicted molar refractivity (Wildman–Crippen MR) is 101 cm³/mol. The van der Waals surface area contributed by atoms with Crippen LogP contribution in [-0.2, 0) is 0 Å². The van der Waals surface area contributed by atoms with Gasteiger partial charge in [-0.1, -0.05) is 0 Å². The van der Waals surface area contributed by atoms with Gasteiger partial charge in [0.15, 0.2) is 0 Å². The van der Waals surface area contributed by atoms with E-state index < -0.39 is 6.61 Å². The Morgan fingerprint density at radius 2 is 1.78 bits per heavy atom.